The topological polar surface area (TPSA) is 40.2 Å². The van der Waals surface area contributed by atoms with Crippen molar-refractivity contribution in [3.05, 3.63) is 53.6 Å². The summed E-state index contributed by atoms with van der Waals surface area (Å²) in [6.07, 6.45) is 3.90. The first-order valence-corrected chi connectivity index (χ1v) is 6.75. The summed E-state index contributed by atoms with van der Waals surface area (Å²) in [4.78, 5) is 0. The normalized spacial score (nSPS) is 12.7. The highest BCUT2D eigenvalue weighted by Gasteiger charge is 2.13. The van der Waals surface area contributed by atoms with E-state index in [-0.39, 0.29) is 17.6 Å². The lowest BCUT2D eigenvalue weighted by molar-refractivity contribution is 0.383. The predicted molar refractivity (Wildman–Crippen MR) is 78.3 cm³/mol. The largest absolute Gasteiger partial charge is 0.494 e. The van der Waals surface area contributed by atoms with E-state index in [1.165, 1.54) is 7.11 Å². The molecule has 0 saturated heterocycles. The molecule has 0 bridgehead atoms. The Morgan fingerprint density at radius 2 is 2.05 bits per heavy atom. The highest BCUT2D eigenvalue weighted by molar-refractivity contribution is 5.31. The molecule has 0 saturated carbocycles. The van der Waals surface area contributed by atoms with Gasteiger partial charge in [-0.3, -0.25) is 0 Å². The van der Waals surface area contributed by atoms with Gasteiger partial charge in [0.05, 0.1) is 13.7 Å². The van der Waals surface area contributed by atoms with Crippen molar-refractivity contribution in [3.8, 4) is 5.75 Å². The Hall–Kier alpha value is -1.81. The molecule has 1 aromatic carbocycles. The number of methoxy groups -OCH3 is 1. The third kappa shape index (κ3) is 3.02. The maximum Gasteiger partial charge on any atom is 0.170 e. The molecule has 108 valence electrons. The SMILES string of the molecule is COc1cccc(Cn2ccc(C(N)C(C)C)c2)c1F. The van der Waals surface area contributed by atoms with Gasteiger partial charge in [-0.25, -0.2) is 4.39 Å². The molecule has 0 spiro atoms. The fourth-order valence-electron chi connectivity index (χ4n) is 2.17. The Balaban J connectivity index is 2.19. The average molecular weight is 276 g/mol. The molecule has 20 heavy (non-hydrogen) atoms. The van der Waals surface area contributed by atoms with E-state index in [1.54, 1.807) is 18.2 Å². The molecule has 0 aliphatic carbocycles. The number of hydrogen-bond acceptors (Lipinski definition) is 2. The number of nitrogens with zero attached hydrogens (tertiary/aromatic N) is 1. The van der Waals surface area contributed by atoms with Crippen molar-refractivity contribution in [2.24, 2.45) is 11.7 Å². The van der Waals surface area contributed by atoms with E-state index >= 15 is 0 Å². The minimum atomic E-state index is -0.307. The standard InChI is InChI=1S/C16H21FN2O/c1-11(2)16(18)13-7-8-19(10-13)9-12-5-4-6-14(20-3)15(12)17/h4-8,10-11,16H,9,18H2,1-3H3. The maximum absolute atomic E-state index is 14.1. The molecule has 1 unspecified atom stereocenters. The number of halogens is 1. The van der Waals surface area contributed by atoms with E-state index in [0.29, 0.717) is 18.0 Å². The van der Waals surface area contributed by atoms with Crippen LogP contribution in [0.15, 0.2) is 36.7 Å². The Morgan fingerprint density at radius 1 is 1.30 bits per heavy atom. The summed E-state index contributed by atoms with van der Waals surface area (Å²) in [5.74, 6) is 0.339. The van der Waals surface area contributed by atoms with Crippen LogP contribution < -0.4 is 10.5 Å². The van der Waals surface area contributed by atoms with Gasteiger partial charge in [0.25, 0.3) is 0 Å². The zero-order valence-electron chi connectivity index (χ0n) is 12.1. The minimum Gasteiger partial charge on any atom is -0.494 e. The maximum atomic E-state index is 14.1. The van der Waals surface area contributed by atoms with E-state index in [0.717, 1.165) is 5.56 Å². The van der Waals surface area contributed by atoms with Crippen LogP contribution in [0.25, 0.3) is 0 Å². The van der Waals surface area contributed by atoms with Gasteiger partial charge >= 0.3 is 0 Å². The van der Waals surface area contributed by atoms with Gasteiger partial charge in [0.1, 0.15) is 0 Å². The Morgan fingerprint density at radius 3 is 2.70 bits per heavy atom. The van der Waals surface area contributed by atoms with Crippen LogP contribution in [0.5, 0.6) is 5.75 Å². The third-order valence-corrected chi connectivity index (χ3v) is 3.49. The van der Waals surface area contributed by atoms with Crippen LogP contribution >= 0.6 is 0 Å². The average Bonchev–Trinajstić information content (AvgIpc) is 2.88. The van der Waals surface area contributed by atoms with Crippen LogP contribution in [0.1, 0.15) is 31.0 Å². The quantitative estimate of drug-likeness (QED) is 0.909. The van der Waals surface area contributed by atoms with Crippen molar-refractivity contribution in [1.82, 2.24) is 4.57 Å². The Bertz CT molecular complexity index is 578. The smallest absolute Gasteiger partial charge is 0.170 e. The second-order valence-corrected chi connectivity index (χ2v) is 5.32. The lowest BCUT2D eigenvalue weighted by Crippen LogP contribution is -2.16. The molecule has 1 heterocycles. The Kier molecular flexibility index (Phi) is 4.45. The van der Waals surface area contributed by atoms with Gasteiger partial charge in [-0.15, -0.1) is 0 Å². The second-order valence-electron chi connectivity index (χ2n) is 5.32. The molecule has 1 aromatic heterocycles. The van der Waals surface area contributed by atoms with Crippen LogP contribution in [-0.2, 0) is 6.54 Å². The lowest BCUT2D eigenvalue weighted by atomic mass is 10.00. The summed E-state index contributed by atoms with van der Waals surface area (Å²) in [5, 5.41) is 0. The van der Waals surface area contributed by atoms with Crippen molar-refractivity contribution >= 4 is 0 Å². The molecular weight excluding hydrogens is 255 g/mol. The van der Waals surface area contributed by atoms with Gasteiger partial charge in [0.2, 0.25) is 0 Å². The fourth-order valence-corrected chi connectivity index (χ4v) is 2.17. The molecule has 0 aliphatic rings. The van der Waals surface area contributed by atoms with E-state index in [9.17, 15) is 4.39 Å². The number of aromatic nitrogens is 1. The summed E-state index contributed by atoms with van der Waals surface area (Å²) in [7, 11) is 1.47. The van der Waals surface area contributed by atoms with Crippen LogP contribution in [0, 0.1) is 11.7 Å². The summed E-state index contributed by atoms with van der Waals surface area (Å²) in [5.41, 5.74) is 7.79. The first kappa shape index (κ1) is 14.6. The summed E-state index contributed by atoms with van der Waals surface area (Å²) in [6.45, 7) is 4.64. The van der Waals surface area contributed by atoms with Gasteiger partial charge in [-0.1, -0.05) is 26.0 Å². The van der Waals surface area contributed by atoms with Crippen LogP contribution in [0.3, 0.4) is 0 Å². The van der Waals surface area contributed by atoms with Crippen molar-refractivity contribution in [2.45, 2.75) is 26.4 Å². The zero-order chi connectivity index (χ0) is 14.7. The zero-order valence-corrected chi connectivity index (χ0v) is 12.1. The molecule has 0 fully saturated rings. The van der Waals surface area contributed by atoms with Crippen molar-refractivity contribution in [3.63, 3.8) is 0 Å². The molecule has 2 N–H and O–H groups in total. The molecule has 0 radical (unpaired) electrons. The van der Waals surface area contributed by atoms with E-state index in [1.807, 2.05) is 23.0 Å². The number of hydrogen-bond donors (Lipinski definition) is 1. The number of rotatable bonds is 5. The number of ether oxygens (including phenoxy) is 1. The third-order valence-electron chi connectivity index (χ3n) is 3.49. The monoisotopic (exact) mass is 276 g/mol. The van der Waals surface area contributed by atoms with E-state index in [2.05, 4.69) is 13.8 Å². The van der Waals surface area contributed by atoms with Gasteiger partial charge < -0.3 is 15.0 Å². The van der Waals surface area contributed by atoms with Gasteiger partial charge in [0, 0.05) is 24.0 Å². The molecule has 2 rings (SSSR count). The van der Waals surface area contributed by atoms with Crippen molar-refractivity contribution < 1.29 is 9.13 Å². The Labute approximate surface area is 119 Å². The highest BCUT2D eigenvalue weighted by Crippen LogP contribution is 2.22. The molecule has 2 aromatic rings. The summed E-state index contributed by atoms with van der Waals surface area (Å²) < 4.78 is 21.0. The highest BCUT2D eigenvalue weighted by atomic mass is 19.1. The number of nitrogens with two attached hydrogens (primary N) is 1. The van der Waals surface area contributed by atoms with Gasteiger partial charge in [0.15, 0.2) is 11.6 Å². The fraction of sp³-hybridized carbons (Fsp3) is 0.375. The first-order valence-electron chi connectivity index (χ1n) is 6.75. The van der Waals surface area contributed by atoms with Crippen molar-refractivity contribution in [2.75, 3.05) is 7.11 Å². The minimum absolute atomic E-state index is 0.00593. The molecular formula is C16H21FN2O. The van der Waals surface area contributed by atoms with Crippen LogP contribution in [0.4, 0.5) is 4.39 Å². The molecule has 1 atom stereocenters. The van der Waals surface area contributed by atoms with Crippen LogP contribution in [-0.4, -0.2) is 11.7 Å². The van der Waals surface area contributed by atoms with Gasteiger partial charge in [-0.2, -0.15) is 0 Å². The first-order chi connectivity index (χ1) is 9.52. The van der Waals surface area contributed by atoms with E-state index in [4.69, 9.17) is 10.5 Å². The van der Waals surface area contributed by atoms with Crippen LogP contribution in [0.2, 0.25) is 0 Å². The summed E-state index contributed by atoms with van der Waals surface area (Å²) in [6, 6.07) is 7.17. The van der Waals surface area contributed by atoms with E-state index < -0.39 is 0 Å². The molecule has 0 amide bonds. The lowest BCUT2D eigenvalue weighted by Gasteiger charge is -2.13. The molecule has 3 nitrogen and oxygen atoms in total. The predicted octanol–water partition coefficient (Wildman–Crippen LogP) is 3.34. The van der Waals surface area contributed by atoms with Crippen molar-refractivity contribution in [1.29, 1.82) is 0 Å². The summed E-state index contributed by atoms with van der Waals surface area (Å²) >= 11 is 0. The van der Waals surface area contributed by atoms with Gasteiger partial charge in [-0.05, 0) is 23.6 Å². The second kappa shape index (κ2) is 6.09. The molecule has 0 aliphatic heterocycles. The number of benzene rings is 1. The molecule has 4 heteroatoms.